The highest BCUT2D eigenvalue weighted by Crippen LogP contribution is 2.26. The maximum atomic E-state index is 10.7. The van der Waals surface area contributed by atoms with E-state index in [0.717, 1.165) is 5.56 Å². The summed E-state index contributed by atoms with van der Waals surface area (Å²) in [6.45, 7) is 1.40. The van der Waals surface area contributed by atoms with Crippen LogP contribution >= 0.6 is 11.3 Å². The molecule has 0 saturated carbocycles. The fraction of sp³-hybridized carbons (Fsp3) is 0.0526. The van der Waals surface area contributed by atoms with Gasteiger partial charge >= 0.3 is 11.9 Å². The molecule has 0 bridgehead atoms. The Hall–Kier alpha value is -2.92. The molecule has 1 N–H and O–H groups in total. The molecule has 5 heteroatoms. The van der Waals surface area contributed by atoms with Crippen molar-refractivity contribution in [1.82, 2.24) is 0 Å². The number of carboxylic acids is 1. The SMILES string of the molecule is CC(=O)Oc1ccc(-c2cccs2)cc1.O=C(O)c1ccccc1. The van der Waals surface area contributed by atoms with Crippen LogP contribution < -0.4 is 4.74 Å². The van der Waals surface area contributed by atoms with Crippen LogP contribution in [-0.4, -0.2) is 17.0 Å². The van der Waals surface area contributed by atoms with Gasteiger partial charge in [0.15, 0.2) is 0 Å². The zero-order valence-electron chi connectivity index (χ0n) is 13.0. The third kappa shape index (κ3) is 5.37. The third-order valence-electron chi connectivity index (χ3n) is 2.94. The molecule has 0 aliphatic heterocycles. The second kappa shape index (κ2) is 8.64. The van der Waals surface area contributed by atoms with Gasteiger partial charge < -0.3 is 9.84 Å². The normalized spacial score (nSPS) is 9.54. The highest BCUT2D eigenvalue weighted by Gasteiger charge is 2.00. The standard InChI is InChI=1S/C12H10O2S.C7H6O2/c1-9(13)14-11-6-4-10(5-7-11)12-3-2-8-15-12;8-7(9)6-4-2-1-3-5-6/h2-8H,1H3;1-5H,(H,8,9). The molecule has 1 heterocycles. The topological polar surface area (TPSA) is 63.6 Å². The Balaban J connectivity index is 0.000000198. The zero-order chi connectivity index (χ0) is 17.4. The van der Waals surface area contributed by atoms with Crippen LogP contribution in [0, 0.1) is 0 Å². The molecular weight excluding hydrogens is 324 g/mol. The van der Waals surface area contributed by atoms with E-state index in [1.54, 1.807) is 53.8 Å². The van der Waals surface area contributed by atoms with Crippen molar-refractivity contribution >= 4 is 23.3 Å². The van der Waals surface area contributed by atoms with Crippen LogP contribution in [0.15, 0.2) is 72.1 Å². The van der Waals surface area contributed by atoms with Crippen LogP contribution in [0.3, 0.4) is 0 Å². The van der Waals surface area contributed by atoms with E-state index in [1.165, 1.54) is 11.8 Å². The van der Waals surface area contributed by atoms with E-state index < -0.39 is 5.97 Å². The van der Waals surface area contributed by atoms with Crippen molar-refractivity contribution in [2.45, 2.75) is 6.92 Å². The number of hydrogen-bond acceptors (Lipinski definition) is 4. The van der Waals surface area contributed by atoms with Gasteiger partial charge in [0.1, 0.15) is 5.75 Å². The van der Waals surface area contributed by atoms with Gasteiger partial charge in [0.05, 0.1) is 5.56 Å². The molecule has 1 aromatic heterocycles. The zero-order valence-corrected chi connectivity index (χ0v) is 13.8. The summed E-state index contributed by atoms with van der Waals surface area (Å²) >= 11 is 1.69. The second-order valence-corrected chi connectivity index (χ2v) is 5.71. The molecule has 3 aromatic rings. The smallest absolute Gasteiger partial charge is 0.335 e. The second-order valence-electron chi connectivity index (χ2n) is 4.77. The first-order chi connectivity index (χ1) is 11.6. The van der Waals surface area contributed by atoms with E-state index >= 15 is 0 Å². The molecule has 122 valence electrons. The summed E-state index contributed by atoms with van der Waals surface area (Å²) in [5.74, 6) is -0.586. The molecule has 0 atom stereocenters. The maximum Gasteiger partial charge on any atom is 0.335 e. The predicted molar refractivity (Wildman–Crippen MR) is 94.5 cm³/mol. The van der Waals surface area contributed by atoms with E-state index in [1.807, 2.05) is 23.6 Å². The number of esters is 1. The number of carbonyl (C=O) groups excluding carboxylic acids is 1. The van der Waals surface area contributed by atoms with Crippen LogP contribution in [0.1, 0.15) is 17.3 Å². The third-order valence-corrected chi connectivity index (χ3v) is 3.86. The van der Waals surface area contributed by atoms with Crippen molar-refractivity contribution in [2.24, 2.45) is 0 Å². The molecule has 0 fully saturated rings. The number of ether oxygens (including phenoxy) is 1. The minimum Gasteiger partial charge on any atom is -0.478 e. The monoisotopic (exact) mass is 340 g/mol. The largest absolute Gasteiger partial charge is 0.478 e. The molecule has 0 aliphatic rings. The average molecular weight is 340 g/mol. The molecule has 0 spiro atoms. The van der Waals surface area contributed by atoms with E-state index in [9.17, 15) is 9.59 Å². The van der Waals surface area contributed by atoms with Gasteiger partial charge in [-0.1, -0.05) is 24.3 Å². The van der Waals surface area contributed by atoms with Crippen LogP contribution in [0.2, 0.25) is 0 Å². The lowest BCUT2D eigenvalue weighted by Gasteiger charge is -2.01. The van der Waals surface area contributed by atoms with Crippen molar-refractivity contribution in [2.75, 3.05) is 0 Å². The van der Waals surface area contributed by atoms with E-state index in [-0.39, 0.29) is 5.97 Å². The van der Waals surface area contributed by atoms with Crippen LogP contribution in [0.25, 0.3) is 10.4 Å². The molecule has 0 radical (unpaired) electrons. The van der Waals surface area contributed by atoms with Crippen molar-refractivity contribution < 1.29 is 19.4 Å². The number of benzene rings is 2. The number of thiophene rings is 1. The van der Waals surface area contributed by atoms with Gasteiger partial charge in [0.25, 0.3) is 0 Å². The molecule has 0 saturated heterocycles. The van der Waals surface area contributed by atoms with E-state index in [2.05, 4.69) is 6.07 Å². The first kappa shape index (κ1) is 17.4. The van der Waals surface area contributed by atoms with Crippen molar-refractivity contribution in [3.05, 3.63) is 77.7 Å². The van der Waals surface area contributed by atoms with Gasteiger partial charge in [0, 0.05) is 11.8 Å². The Morgan fingerprint density at radius 2 is 1.58 bits per heavy atom. The lowest BCUT2D eigenvalue weighted by Crippen LogP contribution is -2.00. The maximum absolute atomic E-state index is 10.7. The number of aromatic carboxylic acids is 1. The molecule has 0 aliphatic carbocycles. The summed E-state index contributed by atoms with van der Waals surface area (Å²) in [6, 6.07) is 19.9. The molecule has 2 aromatic carbocycles. The Morgan fingerprint density at radius 1 is 0.917 bits per heavy atom. The van der Waals surface area contributed by atoms with Crippen molar-refractivity contribution in [3.63, 3.8) is 0 Å². The molecule has 0 amide bonds. The minimum atomic E-state index is -0.879. The van der Waals surface area contributed by atoms with Gasteiger partial charge in [-0.25, -0.2) is 4.79 Å². The van der Waals surface area contributed by atoms with Crippen molar-refractivity contribution in [3.8, 4) is 16.2 Å². The van der Waals surface area contributed by atoms with Crippen molar-refractivity contribution in [1.29, 1.82) is 0 Å². The van der Waals surface area contributed by atoms with Gasteiger partial charge in [-0.2, -0.15) is 0 Å². The lowest BCUT2D eigenvalue weighted by molar-refractivity contribution is -0.131. The summed E-state index contributed by atoms with van der Waals surface area (Å²) in [5.41, 5.74) is 1.47. The van der Waals surface area contributed by atoms with Crippen LogP contribution in [0.4, 0.5) is 0 Å². The average Bonchev–Trinajstić information content (AvgIpc) is 3.11. The Morgan fingerprint density at radius 3 is 2.04 bits per heavy atom. The highest BCUT2D eigenvalue weighted by atomic mass is 32.1. The Labute approximate surface area is 144 Å². The summed E-state index contributed by atoms with van der Waals surface area (Å²) < 4.78 is 4.95. The number of hydrogen-bond donors (Lipinski definition) is 1. The van der Waals surface area contributed by atoms with E-state index in [4.69, 9.17) is 9.84 Å². The minimum absolute atomic E-state index is 0.293. The molecular formula is C19H16O4S. The molecule has 3 rings (SSSR count). The quantitative estimate of drug-likeness (QED) is 0.553. The Bertz CT molecular complexity index is 778. The van der Waals surface area contributed by atoms with Gasteiger partial charge in [-0.15, -0.1) is 11.3 Å². The first-order valence-corrected chi connectivity index (χ1v) is 8.05. The lowest BCUT2D eigenvalue weighted by atomic mass is 10.2. The predicted octanol–water partition coefficient (Wildman–Crippen LogP) is 4.73. The summed E-state index contributed by atoms with van der Waals surface area (Å²) in [5, 5.41) is 10.4. The Kier molecular flexibility index (Phi) is 6.28. The molecule has 24 heavy (non-hydrogen) atoms. The molecule has 0 unspecified atom stereocenters. The van der Waals surface area contributed by atoms with Gasteiger partial charge in [-0.3, -0.25) is 4.79 Å². The fourth-order valence-electron chi connectivity index (χ4n) is 1.88. The number of rotatable bonds is 3. The summed E-state index contributed by atoms with van der Waals surface area (Å²) in [7, 11) is 0. The summed E-state index contributed by atoms with van der Waals surface area (Å²) in [4.78, 5) is 22.1. The number of carboxylic acid groups (broad SMARTS) is 1. The van der Waals surface area contributed by atoms with E-state index in [0.29, 0.717) is 11.3 Å². The van der Waals surface area contributed by atoms with Gasteiger partial charge in [0.2, 0.25) is 0 Å². The number of carbonyl (C=O) groups is 2. The van der Waals surface area contributed by atoms with Crippen LogP contribution in [-0.2, 0) is 4.79 Å². The highest BCUT2D eigenvalue weighted by molar-refractivity contribution is 7.13. The summed E-state index contributed by atoms with van der Waals surface area (Å²) in [6.07, 6.45) is 0. The van der Waals surface area contributed by atoms with Crippen LogP contribution in [0.5, 0.6) is 5.75 Å². The fourth-order valence-corrected chi connectivity index (χ4v) is 2.61. The van der Waals surface area contributed by atoms with Gasteiger partial charge in [-0.05, 0) is 53.4 Å². The molecule has 4 nitrogen and oxygen atoms in total. The first-order valence-electron chi connectivity index (χ1n) is 7.17.